The molecule has 0 bridgehead atoms. The number of hydrogen-bond acceptors (Lipinski definition) is 4. The third kappa shape index (κ3) is 3.18. The number of nitrogens with two attached hydrogens (primary N) is 1. The van der Waals surface area contributed by atoms with Crippen LogP contribution in [0.15, 0.2) is 36.5 Å². The first-order valence-corrected chi connectivity index (χ1v) is 7.57. The Kier molecular flexibility index (Phi) is 4.97. The zero-order valence-electron chi connectivity index (χ0n) is 12.3. The maximum atomic E-state index is 13.8. The molecule has 0 aliphatic rings. The number of benzene rings is 1. The molecule has 0 saturated heterocycles. The number of halogens is 1. The van der Waals surface area contributed by atoms with Crippen LogP contribution in [-0.4, -0.2) is 4.98 Å². The lowest BCUT2D eigenvalue weighted by Gasteiger charge is -2.07. The molecule has 0 aliphatic carbocycles. The summed E-state index contributed by atoms with van der Waals surface area (Å²) in [5.74, 6) is 2.68. The van der Waals surface area contributed by atoms with E-state index in [-0.39, 0.29) is 5.75 Å². The maximum absolute atomic E-state index is 13.8. The summed E-state index contributed by atoms with van der Waals surface area (Å²) in [4.78, 5) is 4.96. The van der Waals surface area contributed by atoms with Gasteiger partial charge in [0.15, 0.2) is 11.6 Å². The van der Waals surface area contributed by atoms with Crippen LogP contribution in [0.25, 0.3) is 10.2 Å². The average molecular weight is 314 g/mol. The average Bonchev–Trinajstić information content (AvgIpc) is 2.96. The number of nitrogen functional groups attached to an aromatic ring is 1. The second-order valence-electron chi connectivity index (χ2n) is 4.07. The molecule has 2 aromatic heterocycles. The Morgan fingerprint density at radius 3 is 2.68 bits per heavy atom. The molecular weight excluding hydrogens is 299 g/mol. The van der Waals surface area contributed by atoms with Crippen molar-refractivity contribution in [1.82, 2.24) is 4.98 Å². The predicted octanol–water partition coefficient (Wildman–Crippen LogP) is 4.82. The Bertz CT molecular complexity index is 836. The van der Waals surface area contributed by atoms with Crippen LogP contribution in [0.3, 0.4) is 0 Å². The third-order valence-corrected chi connectivity index (χ3v) is 3.76. The molecule has 112 valence electrons. The van der Waals surface area contributed by atoms with Gasteiger partial charge in [0.25, 0.3) is 0 Å². The smallest absolute Gasteiger partial charge is 0.167 e. The van der Waals surface area contributed by atoms with E-state index in [4.69, 9.17) is 16.9 Å². The molecule has 0 fully saturated rings. The lowest BCUT2D eigenvalue weighted by atomic mass is 10.3. The van der Waals surface area contributed by atoms with Crippen LogP contribution >= 0.6 is 11.3 Å². The van der Waals surface area contributed by atoms with Crippen LogP contribution in [0.4, 0.5) is 10.1 Å². The van der Waals surface area contributed by atoms with E-state index in [9.17, 15) is 4.39 Å². The van der Waals surface area contributed by atoms with Crippen molar-refractivity contribution in [2.45, 2.75) is 13.8 Å². The molecule has 0 aliphatic heterocycles. The summed E-state index contributed by atoms with van der Waals surface area (Å²) in [6.45, 7) is 4.00. The van der Waals surface area contributed by atoms with Crippen LogP contribution in [0.5, 0.6) is 11.5 Å². The van der Waals surface area contributed by atoms with Crippen molar-refractivity contribution in [2.75, 3.05) is 5.73 Å². The second kappa shape index (κ2) is 6.92. The van der Waals surface area contributed by atoms with Crippen molar-refractivity contribution in [3.8, 4) is 23.8 Å². The second-order valence-corrected chi connectivity index (χ2v) is 5.12. The van der Waals surface area contributed by atoms with Crippen LogP contribution in [0.2, 0.25) is 0 Å². The summed E-state index contributed by atoms with van der Waals surface area (Å²) >= 11 is 1.38. The van der Waals surface area contributed by atoms with E-state index >= 15 is 0 Å². The summed E-state index contributed by atoms with van der Waals surface area (Å²) in [6, 6.07) is 7.76. The number of thiophene rings is 1. The van der Waals surface area contributed by atoms with Gasteiger partial charge >= 0.3 is 0 Å². The fourth-order valence-electron chi connectivity index (χ4n) is 1.78. The van der Waals surface area contributed by atoms with Crippen molar-refractivity contribution in [3.63, 3.8) is 0 Å². The number of rotatable bonds is 2. The minimum atomic E-state index is -0.510. The summed E-state index contributed by atoms with van der Waals surface area (Å²) in [5.41, 5.74) is 6.59. The molecule has 0 saturated carbocycles. The lowest BCUT2D eigenvalue weighted by molar-refractivity contribution is 0.447. The number of nitrogens with zero attached hydrogens (tertiary/aromatic N) is 1. The van der Waals surface area contributed by atoms with Crippen molar-refractivity contribution < 1.29 is 9.13 Å². The van der Waals surface area contributed by atoms with Crippen LogP contribution in [0.1, 0.15) is 18.7 Å². The van der Waals surface area contributed by atoms with Gasteiger partial charge in [-0.2, -0.15) is 0 Å². The van der Waals surface area contributed by atoms with Gasteiger partial charge in [-0.05, 0) is 18.2 Å². The highest BCUT2D eigenvalue weighted by atomic mass is 32.1. The predicted molar refractivity (Wildman–Crippen MR) is 89.8 cm³/mol. The van der Waals surface area contributed by atoms with Gasteiger partial charge < -0.3 is 10.5 Å². The topological polar surface area (TPSA) is 48.1 Å². The van der Waals surface area contributed by atoms with Gasteiger partial charge in [0.1, 0.15) is 5.75 Å². The van der Waals surface area contributed by atoms with E-state index in [1.807, 2.05) is 13.8 Å². The van der Waals surface area contributed by atoms with E-state index in [1.54, 1.807) is 24.4 Å². The van der Waals surface area contributed by atoms with Crippen molar-refractivity contribution in [1.29, 1.82) is 0 Å². The monoisotopic (exact) mass is 314 g/mol. The number of hydrogen-bond donors (Lipinski definition) is 1. The molecule has 0 spiro atoms. The molecule has 5 heteroatoms. The van der Waals surface area contributed by atoms with E-state index < -0.39 is 5.82 Å². The Morgan fingerprint density at radius 2 is 2.00 bits per heavy atom. The Labute approximate surface area is 132 Å². The standard InChI is InChI=1S/C15H9FN2OS.C2H6/c1-2-10-8-12-15(20-10)14(5-6-18-12)19-13-4-3-9(17)7-11(13)16;1-2/h1,3-8H,17H2;1-2H3. The van der Waals surface area contributed by atoms with Crippen LogP contribution in [-0.2, 0) is 0 Å². The molecule has 0 radical (unpaired) electrons. The lowest BCUT2D eigenvalue weighted by Crippen LogP contribution is -1.91. The Balaban J connectivity index is 0.000000847. The zero-order chi connectivity index (χ0) is 16.1. The van der Waals surface area contributed by atoms with Crippen molar-refractivity contribution >= 4 is 27.2 Å². The molecule has 3 nitrogen and oxygen atoms in total. The summed E-state index contributed by atoms with van der Waals surface area (Å²) in [6.07, 6.45) is 6.97. The van der Waals surface area contributed by atoms with Gasteiger partial charge in [0.2, 0.25) is 0 Å². The summed E-state index contributed by atoms with van der Waals surface area (Å²) < 4.78 is 20.2. The van der Waals surface area contributed by atoms with Crippen LogP contribution < -0.4 is 10.5 Å². The van der Waals surface area contributed by atoms with E-state index in [0.29, 0.717) is 11.4 Å². The molecule has 0 unspecified atom stereocenters. The number of fused-ring (bicyclic) bond motifs is 1. The van der Waals surface area contributed by atoms with E-state index in [1.165, 1.54) is 23.5 Å². The largest absolute Gasteiger partial charge is 0.453 e. The molecule has 3 aromatic rings. The first kappa shape index (κ1) is 15.8. The van der Waals surface area contributed by atoms with Crippen LogP contribution in [0, 0.1) is 18.2 Å². The van der Waals surface area contributed by atoms with Gasteiger partial charge in [-0.1, -0.05) is 19.8 Å². The van der Waals surface area contributed by atoms with Crippen molar-refractivity contribution in [3.05, 3.63) is 47.2 Å². The van der Waals surface area contributed by atoms with Gasteiger partial charge in [-0.3, -0.25) is 4.98 Å². The first-order valence-electron chi connectivity index (χ1n) is 6.75. The molecule has 0 atom stereocenters. The summed E-state index contributed by atoms with van der Waals surface area (Å²) in [5, 5.41) is 0. The number of aromatic nitrogens is 1. The highest BCUT2D eigenvalue weighted by molar-refractivity contribution is 7.19. The quantitative estimate of drug-likeness (QED) is 0.545. The Hall–Kier alpha value is -2.58. The highest BCUT2D eigenvalue weighted by Crippen LogP contribution is 2.35. The fourth-order valence-corrected chi connectivity index (χ4v) is 2.66. The molecule has 3 rings (SSSR count). The SMILES string of the molecule is C#Cc1cc2nccc(Oc3ccc(N)cc3F)c2s1.CC. The minimum Gasteiger partial charge on any atom is -0.453 e. The highest BCUT2D eigenvalue weighted by Gasteiger charge is 2.11. The van der Waals surface area contributed by atoms with E-state index in [0.717, 1.165) is 15.1 Å². The van der Waals surface area contributed by atoms with Gasteiger partial charge in [-0.15, -0.1) is 17.8 Å². The normalized spacial score (nSPS) is 9.73. The molecule has 2 N–H and O–H groups in total. The molecule has 2 heterocycles. The zero-order valence-corrected chi connectivity index (χ0v) is 13.1. The van der Waals surface area contributed by atoms with Gasteiger partial charge in [0, 0.05) is 24.0 Å². The van der Waals surface area contributed by atoms with Gasteiger partial charge in [-0.25, -0.2) is 4.39 Å². The van der Waals surface area contributed by atoms with Gasteiger partial charge in [0.05, 0.1) is 15.1 Å². The number of anilines is 1. The number of ether oxygens (including phenoxy) is 1. The molecule has 1 aromatic carbocycles. The fraction of sp³-hybridized carbons (Fsp3) is 0.118. The number of terminal acetylenes is 1. The molecule has 0 amide bonds. The van der Waals surface area contributed by atoms with Crippen molar-refractivity contribution in [2.24, 2.45) is 0 Å². The molecule has 22 heavy (non-hydrogen) atoms. The summed E-state index contributed by atoms with van der Waals surface area (Å²) in [7, 11) is 0. The molecular formula is C17H15FN2OS. The first-order chi connectivity index (χ1) is 10.7. The third-order valence-electron chi connectivity index (χ3n) is 2.69. The van der Waals surface area contributed by atoms with E-state index in [2.05, 4.69) is 10.9 Å². The Morgan fingerprint density at radius 1 is 1.23 bits per heavy atom. The maximum Gasteiger partial charge on any atom is 0.167 e. The minimum absolute atomic E-state index is 0.113. The number of pyridine rings is 1.